The highest BCUT2D eigenvalue weighted by Gasteiger charge is 2.21. The van der Waals surface area contributed by atoms with Gasteiger partial charge in [-0.25, -0.2) is 4.98 Å². The minimum absolute atomic E-state index is 0.789. The number of H-pyrrole nitrogens is 1. The van der Waals surface area contributed by atoms with Crippen LogP contribution in [-0.2, 0) is 19.5 Å². The number of aryl methyl sites for hydroxylation is 2. The molecule has 0 spiro atoms. The summed E-state index contributed by atoms with van der Waals surface area (Å²) >= 11 is 0. The Morgan fingerprint density at radius 2 is 2.12 bits per heavy atom. The van der Waals surface area contributed by atoms with E-state index in [1.165, 1.54) is 44.5 Å². The van der Waals surface area contributed by atoms with Gasteiger partial charge in [-0.15, -0.1) is 0 Å². The largest absolute Gasteiger partial charge is 0.465 e. The van der Waals surface area contributed by atoms with Gasteiger partial charge in [0.15, 0.2) is 0 Å². The number of rotatable bonds is 9. The lowest BCUT2D eigenvalue weighted by Gasteiger charge is -2.33. The molecule has 26 heavy (non-hydrogen) atoms. The topological polar surface area (TPSA) is 48.3 Å². The molecule has 1 aliphatic heterocycles. The Kier molecular flexibility index (Phi) is 6.92. The van der Waals surface area contributed by atoms with Crippen molar-refractivity contribution in [3.8, 4) is 0 Å². The Hall–Kier alpha value is -1.59. The van der Waals surface area contributed by atoms with Crippen molar-refractivity contribution >= 4 is 0 Å². The molecule has 0 radical (unpaired) electrons. The van der Waals surface area contributed by atoms with E-state index in [1.807, 2.05) is 13.1 Å². The molecule has 5 nitrogen and oxygen atoms in total. The number of aromatic nitrogens is 2. The Labute approximate surface area is 157 Å². The predicted molar refractivity (Wildman–Crippen MR) is 105 cm³/mol. The standard InChI is InChI=1S/C21H34N4O/c1-4-5-6-21-22-13-19(23-21)15-24(3)14-18-9-11-25(12-10-18)16-20-8-7-17(2)26-20/h7-8,13,18H,4-6,9-12,14-16H2,1-3H3,(H,22,23). The monoisotopic (exact) mass is 358 g/mol. The van der Waals surface area contributed by atoms with Crippen LogP contribution in [-0.4, -0.2) is 46.4 Å². The van der Waals surface area contributed by atoms with Gasteiger partial charge < -0.3 is 14.3 Å². The minimum atomic E-state index is 0.789. The number of imidazole rings is 1. The van der Waals surface area contributed by atoms with E-state index >= 15 is 0 Å². The van der Waals surface area contributed by atoms with Crippen molar-refractivity contribution in [1.29, 1.82) is 0 Å². The number of furan rings is 1. The van der Waals surface area contributed by atoms with Crippen LogP contribution in [0.1, 0.15) is 55.6 Å². The molecular weight excluding hydrogens is 324 g/mol. The second-order valence-electron chi connectivity index (χ2n) is 7.89. The van der Waals surface area contributed by atoms with Gasteiger partial charge in [0.25, 0.3) is 0 Å². The highest BCUT2D eigenvalue weighted by molar-refractivity contribution is 5.05. The summed E-state index contributed by atoms with van der Waals surface area (Å²) in [5.74, 6) is 4.03. The van der Waals surface area contributed by atoms with Gasteiger partial charge >= 0.3 is 0 Å². The maximum Gasteiger partial charge on any atom is 0.118 e. The number of nitrogens with one attached hydrogen (secondary N) is 1. The molecule has 0 unspecified atom stereocenters. The van der Waals surface area contributed by atoms with E-state index in [4.69, 9.17) is 4.42 Å². The van der Waals surface area contributed by atoms with Gasteiger partial charge in [0.05, 0.1) is 6.54 Å². The summed E-state index contributed by atoms with van der Waals surface area (Å²) in [7, 11) is 2.23. The molecule has 0 bridgehead atoms. The molecule has 1 fully saturated rings. The molecular formula is C21H34N4O. The molecule has 0 atom stereocenters. The maximum absolute atomic E-state index is 5.71. The summed E-state index contributed by atoms with van der Waals surface area (Å²) in [6.07, 6.45) is 8.04. The fraction of sp³-hybridized carbons (Fsp3) is 0.667. The molecule has 1 saturated heterocycles. The van der Waals surface area contributed by atoms with Crippen LogP contribution in [0.15, 0.2) is 22.7 Å². The average Bonchev–Trinajstić information content (AvgIpc) is 3.23. The van der Waals surface area contributed by atoms with Crippen molar-refractivity contribution < 1.29 is 4.42 Å². The van der Waals surface area contributed by atoms with Gasteiger partial charge in [-0.2, -0.15) is 0 Å². The van der Waals surface area contributed by atoms with Crippen LogP contribution >= 0.6 is 0 Å². The fourth-order valence-electron chi connectivity index (χ4n) is 3.87. The molecule has 3 rings (SSSR count). The van der Waals surface area contributed by atoms with Crippen molar-refractivity contribution in [3.63, 3.8) is 0 Å². The summed E-state index contributed by atoms with van der Waals surface area (Å²) in [4.78, 5) is 12.9. The number of aromatic amines is 1. The van der Waals surface area contributed by atoms with Gasteiger partial charge in [0.1, 0.15) is 17.3 Å². The summed E-state index contributed by atoms with van der Waals surface area (Å²) in [5, 5.41) is 0. The third-order valence-corrected chi connectivity index (χ3v) is 5.34. The van der Waals surface area contributed by atoms with Gasteiger partial charge in [-0.05, 0) is 64.4 Å². The van der Waals surface area contributed by atoms with E-state index in [0.717, 1.165) is 49.3 Å². The molecule has 5 heteroatoms. The average molecular weight is 359 g/mol. The predicted octanol–water partition coefficient (Wildman–Crippen LogP) is 4.00. The van der Waals surface area contributed by atoms with Crippen LogP contribution < -0.4 is 0 Å². The lowest BCUT2D eigenvalue weighted by Crippen LogP contribution is -2.37. The molecule has 0 saturated carbocycles. The first-order chi connectivity index (χ1) is 12.6. The van der Waals surface area contributed by atoms with Gasteiger partial charge in [-0.3, -0.25) is 4.90 Å². The molecule has 3 heterocycles. The molecule has 0 aliphatic carbocycles. The quantitative estimate of drug-likeness (QED) is 0.736. The van der Waals surface area contributed by atoms with Gasteiger partial charge in [-0.1, -0.05) is 13.3 Å². The number of likely N-dealkylation sites (tertiary alicyclic amines) is 1. The first-order valence-electron chi connectivity index (χ1n) is 10.1. The van der Waals surface area contributed by atoms with Gasteiger partial charge in [0, 0.05) is 31.4 Å². The number of unbranched alkanes of at least 4 members (excludes halogenated alkanes) is 1. The van der Waals surface area contributed by atoms with Gasteiger partial charge in [0.2, 0.25) is 0 Å². The van der Waals surface area contributed by atoms with Crippen molar-refractivity contribution in [2.24, 2.45) is 5.92 Å². The Balaban J connectivity index is 1.37. The highest BCUT2D eigenvalue weighted by Crippen LogP contribution is 2.21. The highest BCUT2D eigenvalue weighted by atomic mass is 16.3. The smallest absolute Gasteiger partial charge is 0.118 e. The van der Waals surface area contributed by atoms with Crippen molar-refractivity contribution in [2.45, 2.75) is 59.0 Å². The third kappa shape index (κ3) is 5.71. The zero-order chi connectivity index (χ0) is 18.4. The fourth-order valence-corrected chi connectivity index (χ4v) is 3.87. The normalized spacial score (nSPS) is 16.6. The van der Waals surface area contributed by atoms with Crippen LogP contribution in [0.4, 0.5) is 0 Å². The van der Waals surface area contributed by atoms with Crippen molar-refractivity contribution in [1.82, 2.24) is 19.8 Å². The second-order valence-corrected chi connectivity index (χ2v) is 7.89. The maximum atomic E-state index is 5.71. The van der Waals surface area contributed by atoms with E-state index in [2.05, 4.69) is 45.9 Å². The first-order valence-corrected chi connectivity index (χ1v) is 10.1. The Morgan fingerprint density at radius 1 is 1.31 bits per heavy atom. The Morgan fingerprint density at radius 3 is 2.81 bits per heavy atom. The number of nitrogens with zero attached hydrogens (tertiary/aromatic N) is 3. The number of hydrogen-bond acceptors (Lipinski definition) is 4. The summed E-state index contributed by atoms with van der Waals surface area (Å²) < 4.78 is 5.71. The number of hydrogen-bond donors (Lipinski definition) is 1. The molecule has 1 N–H and O–H groups in total. The van der Waals surface area contributed by atoms with Crippen LogP contribution in [0.5, 0.6) is 0 Å². The second kappa shape index (κ2) is 9.38. The molecule has 1 aliphatic rings. The SMILES string of the molecule is CCCCc1ncc(CN(C)CC2CCN(Cc3ccc(C)o3)CC2)[nH]1. The van der Waals surface area contributed by atoms with E-state index in [1.54, 1.807) is 0 Å². The molecule has 2 aromatic rings. The molecule has 0 aromatic carbocycles. The van der Waals surface area contributed by atoms with E-state index in [0.29, 0.717) is 0 Å². The van der Waals surface area contributed by atoms with Crippen molar-refractivity contribution in [3.05, 3.63) is 41.4 Å². The lowest BCUT2D eigenvalue weighted by atomic mass is 9.96. The first kappa shape index (κ1) is 19.2. The zero-order valence-corrected chi connectivity index (χ0v) is 16.6. The molecule has 144 valence electrons. The summed E-state index contributed by atoms with van der Waals surface area (Å²) in [6.45, 7) is 9.65. The van der Waals surface area contributed by atoms with Crippen LogP contribution in [0.3, 0.4) is 0 Å². The summed E-state index contributed by atoms with van der Waals surface area (Å²) in [6, 6.07) is 4.16. The number of piperidine rings is 1. The van der Waals surface area contributed by atoms with E-state index < -0.39 is 0 Å². The minimum Gasteiger partial charge on any atom is -0.465 e. The van der Waals surface area contributed by atoms with E-state index in [9.17, 15) is 0 Å². The third-order valence-electron chi connectivity index (χ3n) is 5.34. The Bertz CT molecular complexity index is 655. The van der Waals surface area contributed by atoms with E-state index in [-0.39, 0.29) is 0 Å². The lowest BCUT2D eigenvalue weighted by molar-refractivity contribution is 0.139. The molecule has 2 aromatic heterocycles. The summed E-state index contributed by atoms with van der Waals surface area (Å²) in [5.41, 5.74) is 1.24. The van der Waals surface area contributed by atoms with Crippen LogP contribution in [0, 0.1) is 12.8 Å². The van der Waals surface area contributed by atoms with Crippen molar-refractivity contribution in [2.75, 3.05) is 26.7 Å². The van der Waals surface area contributed by atoms with Crippen LogP contribution in [0.25, 0.3) is 0 Å². The zero-order valence-electron chi connectivity index (χ0n) is 16.6. The molecule has 0 amide bonds. The van der Waals surface area contributed by atoms with Crippen LogP contribution in [0.2, 0.25) is 0 Å².